The highest BCUT2D eigenvalue weighted by atomic mass is 128. The van der Waals surface area contributed by atoms with Crippen molar-refractivity contribution in [3.05, 3.63) is 195 Å². The molecule has 12 aliphatic rings. The molecule has 20 rings (SSSR count). The number of benzene rings is 4. The van der Waals surface area contributed by atoms with Gasteiger partial charge in [0.15, 0.2) is 0 Å². The van der Waals surface area contributed by atoms with Crippen molar-refractivity contribution in [2.75, 3.05) is 80.8 Å². The van der Waals surface area contributed by atoms with E-state index in [0.717, 1.165) is 167 Å². The Morgan fingerprint density at radius 2 is 0.538 bits per heavy atom. The summed E-state index contributed by atoms with van der Waals surface area (Å²) in [6.07, 6.45) is 22.5. The fourth-order valence-corrected chi connectivity index (χ4v) is 17.8. The summed E-state index contributed by atoms with van der Waals surface area (Å²) in [7, 11) is -7.35. The van der Waals surface area contributed by atoms with Crippen LogP contribution in [0.15, 0.2) is 172 Å². The van der Waals surface area contributed by atoms with Crippen LogP contribution in [0, 0.1) is 47.3 Å². The van der Waals surface area contributed by atoms with Crippen LogP contribution >= 0.6 is 122 Å². The Morgan fingerprint density at radius 1 is 0.359 bits per heavy atom. The molecule has 12 saturated heterocycles. The zero-order chi connectivity index (χ0) is 84.2. The van der Waals surface area contributed by atoms with E-state index in [4.69, 9.17) is 71.5 Å². The molecule has 20 atom stereocenters. The summed E-state index contributed by atoms with van der Waals surface area (Å²) in [5.41, 5.74) is 7.38. The van der Waals surface area contributed by atoms with E-state index >= 15 is 0 Å². The lowest BCUT2D eigenvalue weighted by atomic mass is 9.73. The summed E-state index contributed by atoms with van der Waals surface area (Å²) in [4.78, 5) is 27.4. The summed E-state index contributed by atoms with van der Waals surface area (Å²) in [6.45, 7) is 24.3. The van der Waals surface area contributed by atoms with E-state index in [1.807, 2.05) is 97.1 Å². The largest absolute Gasteiger partial charge is 0.497 e. The highest BCUT2D eigenvalue weighted by Crippen LogP contribution is 2.47. The van der Waals surface area contributed by atoms with E-state index in [1.54, 1.807) is 53.2 Å². The van der Waals surface area contributed by atoms with E-state index < -0.39 is 55.6 Å². The molecule has 4 aromatic heterocycles. The molecule has 644 valence electrons. The maximum atomic E-state index is 11.2. The van der Waals surface area contributed by atoms with Crippen molar-refractivity contribution >= 4 is 197 Å². The van der Waals surface area contributed by atoms with Gasteiger partial charge in [0.2, 0.25) is 0 Å². The Kier molecular flexibility index (Phi) is 41.9. The van der Waals surface area contributed by atoms with E-state index in [-0.39, 0.29) is 72.1 Å². The second kappa shape index (κ2) is 48.0. The van der Waals surface area contributed by atoms with Crippen LogP contribution in [-0.2, 0) is 31.2 Å². The van der Waals surface area contributed by atoms with Crippen LogP contribution in [0.2, 0.25) is 0 Å². The minimum absolute atomic E-state index is 0. The minimum Gasteiger partial charge on any atom is -0.497 e. The predicted molar refractivity (Wildman–Crippen MR) is 510 cm³/mol. The fourth-order valence-electron chi connectivity index (χ4n) is 17.8. The Hall–Kier alpha value is -3.65. The first-order chi connectivity index (χ1) is 54.8. The summed E-state index contributed by atoms with van der Waals surface area (Å²) in [5, 5.41) is 48.5. The van der Waals surface area contributed by atoms with Crippen molar-refractivity contribution in [3.8, 4) is 23.0 Å². The Bertz CT molecular complexity index is 4340. The highest BCUT2D eigenvalue weighted by molar-refractivity contribution is 15.0. The van der Waals surface area contributed by atoms with Gasteiger partial charge in [-0.2, -0.15) is 25.3 Å². The van der Waals surface area contributed by atoms with Gasteiger partial charge in [0.25, 0.3) is 0 Å². The Morgan fingerprint density at radius 3 is 0.684 bits per heavy atom. The van der Waals surface area contributed by atoms with Gasteiger partial charge in [0.05, 0.1) is 74.9 Å². The summed E-state index contributed by atoms with van der Waals surface area (Å²) >= 11 is 8.48. The fraction of sp³-hybridized carbons (Fsp3) is 0.450. The molecule has 0 aliphatic carbocycles. The molecule has 12 aliphatic heterocycles. The van der Waals surface area contributed by atoms with Gasteiger partial charge in [-0.3, -0.25) is 66.9 Å². The second-order valence-corrected chi connectivity index (χ2v) is 31.9. The van der Waals surface area contributed by atoms with Crippen molar-refractivity contribution in [2.45, 2.75) is 99.9 Å². The molecule has 0 saturated carbocycles. The monoisotopic (exact) mass is 2350 g/mol. The van der Waals surface area contributed by atoms with Gasteiger partial charge in [0, 0.05) is 171 Å². The molecule has 37 heteroatoms. The zero-order valence-electron chi connectivity index (χ0n) is 64.9. The third kappa shape index (κ3) is 28.2. The lowest BCUT2D eigenvalue weighted by Crippen LogP contribution is -2.54. The normalized spacial score (nSPS) is 26.4. The van der Waals surface area contributed by atoms with E-state index in [1.165, 1.54) is 25.7 Å². The number of halogens is 6. The molecule has 0 radical (unpaired) electrons. The number of aliphatic hydroxyl groups is 4. The van der Waals surface area contributed by atoms with Crippen LogP contribution in [-0.4, -0.2) is 217 Å². The van der Waals surface area contributed by atoms with Crippen molar-refractivity contribution in [1.29, 1.82) is 0 Å². The first-order valence-electron chi connectivity index (χ1n) is 37.1. The topological polar surface area (TPSA) is 406 Å². The molecular formula is C80H104I6N8O20S3. The number of ether oxygens (including phenoxy) is 4. The quantitative estimate of drug-likeness (QED) is 0.0244. The highest BCUT2D eigenvalue weighted by Gasteiger charge is 2.46. The smallest absolute Gasteiger partial charge is 0.394 e. The first kappa shape index (κ1) is 102. The van der Waals surface area contributed by atoms with Crippen molar-refractivity contribution in [3.63, 3.8) is 0 Å². The van der Waals surface area contributed by atoms with Gasteiger partial charge in [-0.1, -0.05) is 24.3 Å². The van der Waals surface area contributed by atoms with Crippen LogP contribution < -0.4 is 18.9 Å². The molecule has 10 N–H and O–H groups in total. The van der Waals surface area contributed by atoms with Crippen LogP contribution in [0.1, 0.15) is 98.0 Å². The number of hydrogen-bond acceptors (Lipinski definition) is 22. The summed E-state index contributed by atoms with van der Waals surface area (Å²) in [6, 6.07) is 31.8. The Labute approximate surface area is 765 Å². The maximum absolute atomic E-state index is 11.2. The third-order valence-electron chi connectivity index (χ3n) is 23.3. The lowest BCUT2D eigenvalue weighted by Gasteiger charge is -2.50. The number of piperidine rings is 12. The number of aromatic nitrogens is 4. The molecule has 8 aromatic rings. The zero-order valence-corrected chi connectivity index (χ0v) is 80.7. The average Bonchev–Trinajstić information content (AvgIpc) is 0.781. The maximum Gasteiger partial charge on any atom is 0.394 e. The van der Waals surface area contributed by atoms with E-state index in [9.17, 15) is 20.4 Å². The molecular weight excluding hydrogens is 2250 g/mol. The number of pyridine rings is 4. The van der Waals surface area contributed by atoms with Crippen LogP contribution in [0.25, 0.3) is 43.6 Å². The summed E-state index contributed by atoms with van der Waals surface area (Å²) in [5.74, 6) is 8.03. The molecule has 8 bridgehead atoms. The standard InChI is InChI=1S/4C20H24N2O2.2I2.2HI.3H2O4S/c4*1-3-13-12-22-9-7-14(13)10-19(22)20(23)16-6-8-21-18-5-4-15(24-2)11-17(16)18;2*1-2;;;3*1-5(2,3)4/h4*3-6,8,11,13-14,19-20,23H,1,7,9-10,12H2,2H3;;;2*1H;3*(H2,1,2,3,4)/t4*13-,14-,19-,20+;;;;;;;/m0000......./s1. The first-order valence-corrected chi connectivity index (χ1v) is 53.9. The SMILES string of the molecule is C=C[C@H]1CN2CC[C@H]1C[C@H]2[C@H](O)c1ccnc2ccc(OC)cc12.C=C[C@H]1CN2CC[C@H]1C[C@H]2[C@H](O)c1ccnc2ccc(OC)cc12.C=C[C@H]1CN2CC[C@H]1C[C@H]2[C@H](O)c1ccnc2ccc(OC)cc12.C=C[C@H]1CN2CC[C@H]1C[C@H]2[C@H](O)c1ccnc2ccc(OC)cc12.I.I.II.II.O=S(=O)(O)O.O=S(=O)(O)O.O=S(=O)(O)O. The lowest BCUT2D eigenvalue weighted by molar-refractivity contribution is -0.0445. The van der Waals surface area contributed by atoms with Crippen molar-refractivity contribution in [1.82, 2.24) is 39.5 Å². The van der Waals surface area contributed by atoms with Gasteiger partial charge in [-0.15, -0.1) is 74.3 Å². The predicted octanol–water partition coefficient (Wildman–Crippen LogP) is 15.5. The minimum atomic E-state index is -4.67. The Balaban J connectivity index is 0.000000224. The van der Waals surface area contributed by atoms with Crippen molar-refractivity contribution in [2.24, 2.45) is 47.3 Å². The van der Waals surface area contributed by atoms with E-state index in [0.29, 0.717) is 47.3 Å². The van der Waals surface area contributed by atoms with Gasteiger partial charge >= 0.3 is 31.2 Å². The molecule has 28 nitrogen and oxygen atoms in total. The average molecular weight is 2360 g/mol. The van der Waals surface area contributed by atoms with Crippen LogP contribution in [0.4, 0.5) is 0 Å². The second-order valence-electron chi connectivity index (χ2n) is 29.2. The number of methoxy groups -OCH3 is 4. The molecule has 4 unspecified atom stereocenters. The number of rotatable bonds is 16. The number of nitrogens with zero attached hydrogens (tertiary/aromatic N) is 8. The molecule has 0 amide bonds. The van der Waals surface area contributed by atoms with Gasteiger partial charge < -0.3 is 39.4 Å². The van der Waals surface area contributed by atoms with Gasteiger partial charge in [0.1, 0.15) is 23.0 Å². The van der Waals surface area contributed by atoms with Crippen LogP contribution in [0.3, 0.4) is 0 Å². The molecule has 117 heavy (non-hydrogen) atoms. The number of fused-ring (bicyclic) bond motifs is 16. The molecule has 0 spiro atoms. The van der Waals surface area contributed by atoms with Gasteiger partial charge in [-0.05, 0) is 244 Å². The summed E-state index contributed by atoms with van der Waals surface area (Å²) < 4.78 is 116. The number of hydrogen-bond donors (Lipinski definition) is 10. The third-order valence-corrected chi connectivity index (χ3v) is 23.3. The van der Waals surface area contributed by atoms with Crippen LogP contribution in [0.5, 0.6) is 23.0 Å². The molecule has 4 aromatic carbocycles. The van der Waals surface area contributed by atoms with Crippen molar-refractivity contribution < 1.29 is 91.9 Å². The van der Waals surface area contributed by atoms with Gasteiger partial charge in [-0.25, -0.2) is 0 Å². The van der Waals surface area contributed by atoms with E-state index in [2.05, 4.69) is 165 Å². The molecule has 16 heterocycles. The molecule has 12 fully saturated rings. The number of aliphatic hydroxyl groups excluding tert-OH is 4.